The van der Waals surface area contributed by atoms with Gasteiger partial charge in [0.1, 0.15) is 36.6 Å². The van der Waals surface area contributed by atoms with E-state index in [0.717, 1.165) is 12.8 Å². The van der Waals surface area contributed by atoms with Crippen molar-refractivity contribution in [3.8, 4) is 0 Å². The number of aliphatic hydroxyl groups is 8. The van der Waals surface area contributed by atoms with Gasteiger partial charge in [0.25, 0.3) is 0 Å². The first kappa shape index (κ1) is 42.1. The highest BCUT2D eigenvalue weighted by atomic mass is 16.8. The van der Waals surface area contributed by atoms with Crippen LogP contribution in [0.1, 0.15) is 86.0 Å². The summed E-state index contributed by atoms with van der Waals surface area (Å²) in [6.07, 6.45) is -7.34. The van der Waals surface area contributed by atoms with Crippen molar-refractivity contribution in [2.75, 3.05) is 27.4 Å². The number of methoxy groups -OCH3 is 2. The van der Waals surface area contributed by atoms with Gasteiger partial charge in [-0.2, -0.15) is 0 Å². The summed E-state index contributed by atoms with van der Waals surface area (Å²) in [7, 11) is 2.89. The summed E-state index contributed by atoms with van der Waals surface area (Å²) in [4.78, 5) is 0. The zero-order valence-electron chi connectivity index (χ0n) is 32.6. The van der Waals surface area contributed by atoms with Gasteiger partial charge < -0.3 is 69.3 Å². The molecule has 308 valence electrons. The van der Waals surface area contributed by atoms with E-state index in [-0.39, 0.29) is 48.2 Å². The van der Waals surface area contributed by atoms with Crippen molar-refractivity contribution in [1.82, 2.24) is 0 Å². The number of ether oxygens (including phenoxy) is 6. The number of rotatable bonds is 12. The Morgan fingerprint density at radius 1 is 0.792 bits per heavy atom. The second-order valence-electron chi connectivity index (χ2n) is 18.3. The first-order valence-corrected chi connectivity index (χ1v) is 20.0. The molecule has 0 unspecified atom stereocenters. The Bertz CT molecular complexity index is 1230. The molecule has 14 nitrogen and oxygen atoms in total. The van der Waals surface area contributed by atoms with Crippen LogP contribution in [0.15, 0.2) is 0 Å². The molecule has 4 saturated carbocycles. The Kier molecular flexibility index (Phi) is 12.7. The summed E-state index contributed by atoms with van der Waals surface area (Å²) in [5, 5.41) is 89.2. The molecule has 0 aromatic carbocycles. The van der Waals surface area contributed by atoms with E-state index in [1.807, 2.05) is 20.8 Å². The molecule has 0 amide bonds. The van der Waals surface area contributed by atoms with Crippen LogP contribution < -0.4 is 0 Å². The third kappa shape index (κ3) is 7.17. The van der Waals surface area contributed by atoms with Gasteiger partial charge in [0.2, 0.25) is 0 Å². The molecular formula is C39H68O14. The predicted molar refractivity (Wildman–Crippen MR) is 189 cm³/mol. The fourth-order valence-electron chi connectivity index (χ4n) is 12.5. The zero-order chi connectivity index (χ0) is 38.8. The monoisotopic (exact) mass is 760 g/mol. The van der Waals surface area contributed by atoms with Gasteiger partial charge in [-0.15, -0.1) is 0 Å². The molecule has 6 aliphatic rings. The van der Waals surface area contributed by atoms with Gasteiger partial charge in [-0.05, 0) is 79.4 Å². The Balaban J connectivity index is 1.14. The van der Waals surface area contributed by atoms with E-state index < -0.39 is 103 Å². The third-order valence-electron chi connectivity index (χ3n) is 15.2. The maximum atomic E-state index is 12.7. The van der Waals surface area contributed by atoms with Crippen LogP contribution >= 0.6 is 0 Å². The van der Waals surface area contributed by atoms with Crippen molar-refractivity contribution in [1.29, 1.82) is 0 Å². The van der Waals surface area contributed by atoms with Crippen LogP contribution in [-0.4, -0.2) is 154 Å². The minimum atomic E-state index is -1.31. The van der Waals surface area contributed by atoms with Gasteiger partial charge in [-0.3, -0.25) is 0 Å². The molecule has 6 rings (SSSR count). The molecule has 0 aromatic heterocycles. The summed E-state index contributed by atoms with van der Waals surface area (Å²) in [6.45, 7) is 10.1. The summed E-state index contributed by atoms with van der Waals surface area (Å²) in [5.74, 6) is -0.891. The molecule has 4 aliphatic carbocycles. The molecule has 0 spiro atoms. The van der Waals surface area contributed by atoms with Gasteiger partial charge >= 0.3 is 0 Å². The highest BCUT2D eigenvalue weighted by Crippen LogP contribution is 2.70. The van der Waals surface area contributed by atoms with Crippen LogP contribution in [0, 0.1) is 46.3 Å². The summed E-state index contributed by atoms with van der Waals surface area (Å²) in [5.41, 5.74) is -2.26. The van der Waals surface area contributed by atoms with Crippen molar-refractivity contribution >= 4 is 0 Å². The highest BCUT2D eigenvalue weighted by molar-refractivity contribution is 5.21. The van der Waals surface area contributed by atoms with E-state index in [2.05, 4.69) is 13.8 Å². The molecule has 14 heteroatoms. The molecule has 2 saturated heterocycles. The van der Waals surface area contributed by atoms with Crippen LogP contribution in [0.2, 0.25) is 0 Å². The first-order valence-electron chi connectivity index (χ1n) is 20.0. The molecule has 6 fully saturated rings. The van der Waals surface area contributed by atoms with Crippen LogP contribution in [0.3, 0.4) is 0 Å². The standard InChI is InChI=1S/C39H68O14/c1-18(2)24(51-36-33(30(45)25(16-40)52-36)53-35-32(49-7)31(46)26(48-6)17-50-35)9-8-19(3)20-14-22(42)34-37(20,4)13-11-27-38(5)12-10-21(41)29(44)28(38)23(43)15-39(27,34)47/h18-36,40-47H,8-17H2,1-7H3/t19-,20-,21+,22-,23+,24+,25+,26-,27-,28+,29+,30+,31+,32-,33-,34-,35+,36-,37-,38-,39+/m1/s1. The van der Waals surface area contributed by atoms with Gasteiger partial charge in [0.05, 0.1) is 49.3 Å². The van der Waals surface area contributed by atoms with Crippen molar-refractivity contribution in [3.63, 3.8) is 0 Å². The summed E-state index contributed by atoms with van der Waals surface area (Å²) in [6, 6.07) is 0. The lowest BCUT2D eigenvalue weighted by Crippen LogP contribution is -2.70. The van der Waals surface area contributed by atoms with Crippen molar-refractivity contribution in [2.45, 2.75) is 171 Å². The fourth-order valence-corrected chi connectivity index (χ4v) is 12.5. The van der Waals surface area contributed by atoms with Crippen LogP contribution in [-0.2, 0) is 28.4 Å². The van der Waals surface area contributed by atoms with E-state index in [0.29, 0.717) is 32.1 Å². The van der Waals surface area contributed by atoms with Gasteiger partial charge in [0.15, 0.2) is 12.6 Å². The second-order valence-corrected chi connectivity index (χ2v) is 18.3. The lowest BCUT2D eigenvalue weighted by molar-refractivity contribution is -0.313. The second kappa shape index (κ2) is 16.0. The minimum Gasteiger partial charge on any atom is -0.394 e. The molecule has 0 radical (unpaired) electrons. The smallest absolute Gasteiger partial charge is 0.187 e. The molecular weight excluding hydrogens is 692 g/mol. The van der Waals surface area contributed by atoms with E-state index in [4.69, 9.17) is 28.4 Å². The maximum absolute atomic E-state index is 12.7. The summed E-state index contributed by atoms with van der Waals surface area (Å²) < 4.78 is 35.4. The van der Waals surface area contributed by atoms with Crippen LogP contribution in [0.4, 0.5) is 0 Å². The number of aliphatic hydroxyl groups excluding tert-OH is 7. The predicted octanol–water partition coefficient (Wildman–Crippen LogP) is 0.702. The third-order valence-corrected chi connectivity index (χ3v) is 15.2. The average molecular weight is 761 g/mol. The normalized spacial score (nSPS) is 52.5. The zero-order valence-corrected chi connectivity index (χ0v) is 32.6. The van der Waals surface area contributed by atoms with E-state index >= 15 is 0 Å². The quantitative estimate of drug-likeness (QED) is 0.138. The van der Waals surface area contributed by atoms with Gasteiger partial charge in [-0.25, -0.2) is 0 Å². The van der Waals surface area contributed by atoms with Gasteiger partial charge in [0, 0.05) is 32.5 Å². The molecule has 21 atom stereocenters. The van der Waals surface area contributed by atoms with Crippen molar-refractivity contribution < 1.29 is 69.3 Å². The summed E-state index contributed by atoms with van der Waals surface area (Å²) >= 11 is 0. The lowest BCUT2D eigenvalue weighted by Gasteiger charge is -2.66. The number of hydrogen-bond donors (Lipinski definition) is 8. The molecule has 2 aliphatic heterocycles. The van der Waals surface area contributed by atoms with Crippen molar-refractivity contribution in [3.05, 3.63) is 0 Å². The molecule has 0 aromatic rings. The molecule has 8 N–H and O–H groups in total. The Labute approximate surface area is 314 Å². The topological polar surface area (TPSA) is 217 Å². The maximum Gasteiger partial charge on any atom is 0.187 e. The Morgan fingerprint density at radius 2 is 1.49 bits per heavy atom. The lowest BCUT2D eigenvalue weighted by atomic mass is 9.41. The average Bonchev–Trinajstić information content (AvgIpc) is 3.55. The van der Waals surface area contributed by atoms with Gasteiger partial charge in [-0.1, -0.05) is 34.6 Å². The Hall–Kier alpha value is -0.560. The molecule has 2 heterocycles. The largest absolute Gasteiger partial charge is 0.394 e. The fraction of sp³-hybridized carbons (Fsp3) is 1.00. The van der Waals surface area contributed by atoms with Crippen molar-refractivity contribution in [2.24, 2.45) is 46.3 Å². The van der Waals surface area contributed by atoms with E-state index in [1.165, 1.54) is 14.2 Å². The first-order chi connectivity index (χ1) is 25.0. The van der Waals surface area contributed by atoms with E-state index in [9.17, 15) is 40.9 Å². The Morgan fingerprint density at radius 3 is 2.13 bits per heavy atom. The number of hydrogen-bond acceptors (Lipinski definition) is 14. The highest BCUT2D eigenvalue weighted by Gasteiger charge is 2.71. The minimum absolute atomic E-state index is 0.0501. The van der Waals surface area contributed by atoms with Crippen LogP contribution in [0.5, 0.6) is 0 Å². The van der Waals surface area contributed by atoms with Crippen LogP contribution in [0.25, 0.3) is 0 Å². The SMILES string of the molecule is CO[C@H]1[C@H](O[C@H]2[C@H](O[C@@H](CC[C@@H](C)[C@H]3C[C@@H](O)[C@@H]4[C@]3(C)CC[C@@H]3[C@@]5(C)CC[C@H](O)[C@H](O)[C@@H]5[C@@H](O)C[C@]34O)C(C)C)O[C@@H](CO)[C@@H]2O)OC[C@@H](OC)[C@@H]1O. The molecule has 53 heavy (non-hydrogen) atoms. The van der Waals surface area contributed by atoms with E-state index in [1.54, 1.807) is 0 Å². The molecule has 0 bridgehead atoms. The number of fused-ring (bicyclic) bond motifs is 5.